The van der Waals surface area contributed by atoms with Crippen LogP contribution in [0.15, 0.2) is 18.2 Å². The van der Waals surface area contributed by atoms with Crippen molar-refractivity contribution in [2.24, 2.45) is 0 Å². The molecule has 1 aromatic carbocycles. The Balaban J connectivity index is 1.87. The van der Waals surface area contributed by atoms with Gasteiger partial charge in [-0.3, -0.25) is 9.69 Å². The molecule has 0 bridgehead atoms. The van der Waals surface area contributed by atoms with E-state index in [1.807, 2.05) is 4.90 Å². The number of hydrogen-bond donors (Lipinski definition) is 0. The molecule has 0 N–H and O–H groups in total. The number of halogens is 3. The van der Waals surface area contributed by atoms with Gasteiger partial charge in [0, 0.05) is 36.9 Å². The normalized spacial score (nSPS) is 23.2. The molecule has 3 nitrogen and oxygen atoms in total. The fourth-order valence-corrected chi connectivity index (χ4v) is 3.31. The summed E-state index contributed by atoms with van der Waals surface area (Å²) >= 11 is 0. The number of carbonyl (C=O) groups excluding carboxylic acids is 1. The molecule has 2 fully saturated rings. The highest BCUT2D eigenvalue weighted by atomic mass is 19.4. The van der Waals surface area contributed by atoms with E-state index in [0.717, 1.165) is 45.1 Å². The van der Waals surface area contributed by atoms with Crippen molar-refractivity contribution < 1.29 is 18.0 Å². The summed E-state index contributed by atoms with van der Waals surface area (Å²) in [7, 11) is 0. The van der Waals surface area contributed by atoms with Gasteiger partial charge in [-0.2, -0.15) is 13.2 Å². The molecule has 3 rings (SSSR count). The lowest BCUT2D eigenvalue weighted by atomic mass is 10.1. The van der Waals surface area contributed by atoms with Crippen molar-refractivity contribution in [1.29, 1.82) is 0 Å². The molecule has 6 heteroatoms. The first-order valence-electron chi connectivity index (χ1n) is 7.14. The van der Waals surface area contributed by atoms with Crippen LogP contribution in [0.2, 0.25) is 0 Å². The molecule has 2 heterocycles. The summed E-state index contributed by atoms with van der Waals surface area (Å²) in [6.45, 7) is 3.48. The number of fused-ring (bicyclic) bond motifs is 1. The Hall–Kier alpha value is -1.56. The third-order valence-electron chi connectivity index (χ3n) is 4.42. The maximum atomic E-state index is 13.0. The van der Waals surface area contributed by atoms with Gasteiger partial charge in [0.25, 0.3) is 0 Å². The van der Waals surface area contributed by atoms with Crippen LogP contribution in [0.1, 0.15) is 28.8 Å². The zero-order chi connectivity index (χ0) is 15.0. The molecule has 0 radical (unpaired) electrons. The highest BCUT2D eigenvalue weighted by Gasteiger charge is 2.35. The van der Waals surface area contributed by atoms with Gasteiger partial charge in [-0.25, -0.2) is 0 Å². The van der Waals surface area contributed by atoms with Gasteiger partial charge >= 0.3 is 6.18 Å². The zero-order valence-corrected chi connectivity index (χ0v) is 11.6. The Morgan fingerprint density at radius 3 is 2.71 bits per heavy atom. The Labute approximate surface area is 121 Å². The molecule has 0 aromatic heterocycles. The van der Waals surface area contributed by atoms with Crippen LogP contribution in [0.25, 0.3) is 0 Å². The van der Waals surface area contributed by atoms with Crippen LogP contribution in [0.4, 0.5) is 18.9 Å². The highest BCUT2D eigenvalue weighted by Crippen LogP contribution is 2.35. The molecule has 0 aliphatic carbocycles. The number of alkyl halides is 3. The van der Waals surface area contributed by atoms with Crippen LogP contribution in [-0.4, -0.2) is 43.4 Å². The summed E-state index contributed by atoms with van der Waals surface area (Å²) in [6, 6.07) is 4.43. The molecule has 1 atom stereocenters. The van der Waals surface area contributed by atoms with Gasteiger partial charge in [0.1, 0.15) is 0 Å². The molecule has 0 spiro atoms. The van der Waals surface area contributed by atoms with Crippen molar-refractivity contribution >= 4 is 12.0 Å². The molecule has 0 saturated carbocycles. The first-order valence-corrected chi connectivity index (χ1v) is 7.14. The van der Waals surface area contributed by atoms with Crippen LogP contribution < -0.4 is 4.90 Å². The first kappa shape index (κ1) is 14.4. The second-order valence-electron chi connectivity index (χ2n) is 5.67. The number of aldehydes is 1. The van der Waals surface area contributed by atoms with Crippen molar-refractivity contribution in [3.05, 3.63) is 29.3 Å². The average molecular weight is 298 g/mol. The van der Waals surface area contributed by atoms with Crippen LogP contribution in [-0.2, 0) is 6.18 Å². The maximum absolute atomic E-state index is 13.0. The molecule has 21 heavy (non-hydrogen) atoms. The second-order valence-corrected chi connectivity index (χ2v) is 5.67. The predicted molar refractivity (Wildman–Crippen MR) is 73.6 cm³/mol. The highest BCUT2D eigenvalue weighted by molar-refractivity contribution is 5.79. The maximum Gasteiger partial charge on any atom is 0.417 e. The van der Waals surface area contributed by atoms with E-state index in [1.165, 1.54) is 6.07 Å². The van der Waals surface area contributed by atoms with Gasteiger partial charge in [0.05, 0.1) is 5.56 Å². The molecule has 2 aliphatic rings. The smallest absolute Gasteiger partial charge is 0.369 e. The Morgan fingerprint density at radius 2 is 2.00 bits per heavy atom. The van der Waals surface area contributed by atoms with E-state index in [1.54, 1.807) is 6.07 Å². The molecular weight excluding hydrogens is 281 g/mol. The van der Waals surface area contributed by atoms with Crippen LogP contribution >= 0.6 is 0 Å². The van der Waals surface area contributed by atoms with E-state index in [-0.39, 0.29) is 11.8 Å². The summed E-state index contributed by atoms with van der Waals surface area (Å²) < 4.78 is 39.0. The van der Waals surface area contributed by atoms with Crippen molar-refractivity contribution in [2.45, 2.75) is 25.1 Å². The quantitative estimate of drug-likeness (QED) is 0.784. The summed E-state index contributed by atoms with van der Waals surface area (Å²) in [4.78, 5) is 15.2. The number of carbonyl (C=O) groups is 1. The minimum atomic E-state index is -4.50. The lowest BCUT2D eigenvalue weighted by Crippen LogP contribution is -2.50. The van der Waals surface area contributed by atoms with Gasteiger partial charge in [-0.1, -0.05) is 0 Å². The van der Waals surface area contributed by atoms with E-state index in [2.05, 4.69) is 4.90 Å². The summed E-state index contributed by atoms with van der Waals surface area (Å²) in [6.07, 6.45) is -1.96. The number of rotatable bonds is 2. The molecule has 1 unspecified atom stereocenters. The topological polar surface area (TPSA) is 23.6 Å². The molecular formula is C15H17F3N2O. The van der Waals surface area contributed by atoms with Crippen molar-refractivity contribution in [3.63, 3.8) is 0 Å². The fourth-order valence-electron chi connectivity index (χ4n) is 3.31. The van der Waals surface area contributed by atoms with E-state index in [9.17, 15) is 18.0 Å². The largest absolute Gasteiger partial charge is 0.417 e. The van der Waals surface area contributed by atoms with E-state index in [4.69, 9.17) is 0 Å². The van der Waals surface area contributed by atoms with Crippen LogP contribution in [0.3, 0.4) is 0 Å². The molecule has 114 valence electrons. The number of piperazine rings is 1. The lowest BCUT2D eigenvalue weighted by molar-refractivity contribution is -0.137. The second kappa shape index (κ2) is 5.33. The SMILES string of the molecule is O=Cc1ccc(N2CCN3CCCC3C2)cc1C(F)(F)F. The third kappa shape index (κ3) is 2.77. The van der Waals surface area contributed by atoms with Crippen molar-refractivity contribution in [1.82, 2.24) is 4.90 Å². The Morgan fingerprint density at radius 1 is 1.19 bits per heavy atom. The van der Waals surface area contributed by atoms with E-state index >= 15 is 0 Å². The Bertz CT molecular complexity index is 544. The van der Waals surface area contributed by atoms with Gasteiger partial charge in [0.2, 0.25) is 0 Å². The van der Waals surface area contributed by atoms with Crippen molar-refractivity contribution in [2.75, 3.05) is 31.1 Å². The average Bonchev–Trinajstić information content (AvgIpc) is 2.93. The minimum Gasteiger partial charge on any atom is -0.369 e. The number of hydrogen-bond acceptors (Lipinski definition) is 3. The van der Waals surface area contributed by atoms with Crippen LogP contribution in [0.5, 0.6) is 0 Å². The minimum absolute atomic E-state index is 0.265. The lowest BCUT2D eigenvalue weighted by Gasteiger charge is -2.39. The van der Waals surface area contributed by atoms with Gasteiger partial charge in [-0.15, -0.1) is 0 Å². The zero-order valence-electron chi connectivity index (χ0n) is 11.6. The fraction of sp³-hybridized carbons (Fsp3) is 0.533. The van der Waals surface area contributed by atoms with Gasteiger partial charge in [0.15, 0.2) is 6.29 Å². The number of anilines is 1. The van der Waals surface area contributed by atoms with Gasteiger partial charge < -0.3 is 4.90 Å². The molecule has 0 amide bonds. The van der Waals surface area contributed by atoms with E-state index < -0.39 is 11.7 Å². The van der Waals surface area contributed by atoms with Crippen LogP contribution in [0, 0.1) is 0 Å². The monoisotopic (exact) mass is 298 g/mol. The molecule has 2 aliphatic heterocycles. The Kier molecular flexibility index (Phi) is 3.65. The third-order valence-corrected chi connectivity index (χ3v) is 4.42. The summed E-state index contributed by atoms with van der Waals surface area (Å²) in [5.74, 6) is 0. The standard InChI is InChI=1S/C15H17F3N2O/c16-15(17,18)14-8-12(4-3-11(14)10-21)20-7-6-19-5-1-2-13(19)9-20/h3-4,8,10,13H,1-2,5-7,9H2. The molecule has 2 saturated heterocycles. The van der Waals surface area contributed by atoms with Gasteiger partial charge in [-0.05, 0) is 37.6 Å². The van der Waals surface area contributed by atoms with E-state index in [0.29, 0.717) is 11.7 Å². The van der Waals surface area contributed by atoms with Crippen molar-refractivity contribution in [3.8, 4) is 0 Å². The number of benzene rings is 1. The summed E-state index contributed by atoms with van der Waals surface area (Å²) in [5.41, 5.74) is -0.589. The molecule has 1 aromatic rings. The predicted octanol–water partition coefficient (Wildman–Crippen LogP) is 2.80. The summed E-state index contributed by atoms with van der Waals surface area (Å²) in [5, 5.41) is 0. The number of nitrogens with zero attached hydrogens (tertiary/aromatic N) is 2. The first-order chi connectivity index (χ1) is 9.99.